The summed E-state index contributed by atoms with van der Waals surface area (Å²) in [7, 11) is 1.75. The maximum Gasteiger partial charge on any atom is 0.141 e. The average molecular weight is 283 g/mol. The molecule has 2 rings (SSSR count). The molecule has 100 valence electrons. The Labute approximate surface area is 115 Å². The molecule has 1 heterocycles. The quantitative estimate of drug-likeness (QED) is 0.928. The molecule has 2 aromatic rings. The van der Waals surface area contributed by atoms with Gasteiger partial charge in [0.2, 0.25) is 0 Å². The predicted octanol–water partition coefficient (Wildman–Crippen LogP) is 3.52. The summed E-state index contributed by atoms with van der Waals surface area (Å²) in [6, 6.07) is 7.31. The lowest BCUT2D eigenvalue weighted by molar-refractivity contribution is 0.540. The highest BCUT2D eigenvalue weighted by atomic mass is 35.5. The highest BCUT2D eigenvalue weighted by Crippen LogP contribution is 2.21. The number of likely N-dealkylation sites (N-methyl/N-ethyl adjacent to an activating group) is 1. The Balaban J connectivity index is 2.21. The number of halogens is 3. The number of hydrogen-bond donors (Lipinski definition) is 1. The molecule has 1 atom stereocenters. The van der Waals surface area contributed by atoms with E-state index in [9.17, 15) is 8.78 Å². The van der Waals surface area contributed by atoms with Crippen LogP contribution in [-0.2, 0) is 6.42 Å². The standard InChI is InChI=1S/C14H13ClF2N2/c1-18-14(13-5-4-11(16)8-19-13)6-9-2-3-10(15)7-12(9)17/h2-5,7-8,14,18H,6H2,1H3. The van der Waals surface area contributed by atoms with E-state index in [0.29, 0.717) is 22.7 Å². The van der Waals surface area contributed by atoms with Gasteiger partial charge in [0.1, 0.15) is 11.6 Å². The van der Waals surface area contributed by atoms with Crippen molar-refractivity contribution >= 4 is 11.6 Å². The van der Waals surface area contributed by atoms with Gasteiger partial charge in [0.25, 0.3) is 0 Å². The van der Waals surface area contributed by atoms with Crippen LogP contribution in [0.2, 0.25) is 5.02 Å². The number of hydrogen-bond acceptors (Lipinski definition) is 2. The fraction of sp³-hybridized carbons (Fsp3) is 0.214. The van der Waals surface area contributed by atoms with Gasteiger partial charge in [0, 0.05) is 5.02 Å². The monoisotopic (exact) mass is 282 g/mol. The summed E-state index contributed by atoms with van der Waals surface area (Å²) in [5, 5.41) is 3.41. The molecule has 1 aromatic heterocycles. The van der Waals surface area contributed by atoms with Crippen LogP contribution < -0.4 is 5.32 Å². The highest BCUT2D eigenvalue weighted by molar-refractivity contribution is 6.30. The smallest absolute Gasteiger partial charge is 0.141 e. The molecule has 0 radical (unpaired) electrons. The van der Waals surface area contributed by atoms with E-state index in [4.69, 9.17) is 11.6 Å². The van der Waals surface area contributed by atoms with Gasteiger partial charge in [0.15, 0.2) is 0 Å². The number of rotatable bonds is 4. The predicted molar refractivity (Wildman–Crippen MR) is 71.1 cm³/mol. The molecule has 5 heteroatoms. The van der Waals surface area contributed by atoms with Gasteiger partial charge in [-0.1, -0.05) is 17.7 Å². The summed E-state index contributed by atoms with van der Waals surface area (Å²) in [5.74, 6) is -0.744. The Bertz CT molecular complexity index is 558. The Morgan fingerprint density at radius 1 is 1.26 bits per heavy atom. The van der Waals surface area contributed by atoms with Crippen molar-refractivity contribution in [1.29, 1.82) is 0 Å². The first-order chi connectivity index (χ1) is 9.10. The van der Waals surface area contributed by atoms with Gasteiger partial charge in [-0.25, -0.2) is 8.78 Å². The van der Waals surface area contributed by atoms with Gasteiger partial charge in [-0.15, -0.1) is 0 Å². The van der Waals surface area contributed by atoms with E-state index in [0.717, 1.165) is 6.20 Å². The second-order valence-corrected chi connectivity index (χ2v) is 4.62. The molecule has 0 aliphatic carbocycles. The van der Waals surface area contributed by atoms with E-state index < -0.39 is 5.82 Å². The number of benzene rings is 1. The SMILES string of the molecule is CNC(Cc1ccc(Cl)cc1F)c1ccc(F)cn1. The summed E-state index contributed by atoms with van der Waals surface area (Å²) >= 11 is 5.71. The van der Waals surface area contributed by atoms with Gasteiger partial charge >= 0.3 is 0 Å². The lowest BCUT2D eigenvalue weighted by atomic mass is 10.0. The molecule has 0 fully saturated rings. The van der Waals surface area contributed by atoms with Crippen LogP contribution in [0.25, 0.3) is 0 Å². The largest absolute Gasteiger partial charge is 0.311 e. The van der Waals surface area contributed by atoms with Crippen LogP contribution in [0.1, 0.15) is 17.3 Å². The average Bonchev–Trinajstić information content (AvgIpc) is 2.39. The van der Waals surface area contributed by atoms with Gasteiger partial charge in [-0.2, -0.15) is 0 Å². The van der Waals surface area contributed by atoms with Crippen LogP contribution >= 0.6 is 11.6 Å². The molecule has 2 nitrogen and oxygen atoms in total. The molecule has 0 saturated heterocycles. The zero-order chi connectivity index (χ0) is 13.8. The first-order valence-corrected chi connectivity index (χ1v) is 6.20. The topological polar surface area (TPSA) is 24.9 Å². The molecule has 0 saturated carbocycles. The minimum atomic E-state index is -0.392. The van der Waals surface area contributed by atoms with Crippen molar-refractivity contribution in [2.45, 2.75) is 12.5 Å². The van der Waals surface area contributed by atoms with E-state index >= 15 is 0 Å². The number of aromatic nitrogens is 1. The molecule has 0 bridgehead atoms. The second-order valence-electron chi connectivity index (χ2n) is 4.18. The first-order valence-electron chi connectivity index (χ1n) is 5.83. The van der Waals surface area contributed by atoms with Crippen molar-refractivity contribution < 1.29 is 8.78 Å². The summed E-state index contributed by atoms with van der Waals surface area (Å²) in [6.45, 7) is 0. The molecule has 0 spiro atoms. The van der Waals surface area contributed by atoms with E-state index in [2.05, 4.69) is 10.3 Å². The minimum absolute atomic E-state index is 0.184. The van der Waals surface area contributed by atoms with Gasteiger partial charge in [-0.3, -0.25) is 4.98 Å². The van der Waals surface area contributed by atoms with E-state index in [1.807, 2.05) is 0 Å². The molecule has 1 aromatic carbocycles. The second kappa shape index (κ2) is 6.08. The number of nitrogens with zero attached hydrogens (tertiary/aromatic N) is 1. The van der Waals surface area contributed by atoms with Gasteiger partial charge in [-0.05, 0) is 43.3 Å². The molecule has 19 heavy (non-hydrogen) atoms. The first kappa shape index (κ1) is 13.9. The third kappa shape index (κ3) is 3.49. The van der Waals surface area contributed by atoms with E-state index in [1.54, 1.807) is 25.2 Å². The molecule has 0 aliphatic heterocycles. The molecule has 0 amide bonds. The summed E-state index contributed by atoms with van der Waals surface area (Å²) < 4.78 is 26.6. The Morgan fingerprint density at radius 3 is 2.63 bits per heavy atom. The van der Waals surface area contributed by atoms with Gasteiger partial charge < -0.3 is 5.32 Å². The maximum absolute atomic E-state index is 13.7. The lowest BCUT2D eigenvalue weighted by Crippen LogP contribution is -2.20. The van der Waals surface area contributed by atoms with Crippen LogP contribution in [0.3, 0.4) is 0 Å². The normalized spacial score (nSPS) is 12.4. The highest BCUT2D eigenvalue weighted by Gasteiger charge is 2.14. The van der Waals surface area contributed by atoms with Crippen LogP contribution in [0, 0.1) is 11.6 Å². The van der Waals surface area contributed by atoms with Crippen molar-refractivity contribution in [2.75, 3.05) is 7.05 Å². The summed E-state index contributed by atoms with van der Waals surface area (Å²) in [5.41, 5.74) is 1.20. The lowest BCUT2D eigenvalue weighted by Gasteiger charge is -2.16. The Kier molecular flexibility index (Phi) is 4.45. The van der Waals surface area contributed by atoms with Crippen LogP contribution in [0.4, 0.5) is 8.78 Å². The molecule has 1 unspecified atom stereocenters. The van der Waals surface area contributed by atoms with Crippen LogP contribution in [0.5, 0.6) is 0 Å². The molecule has 1 N–H and O–H groups in total. The fourth-order valence-corrected chi connectivity index (χ4v) is 2.01. The fourth-order valence-electron chi connectivity index (χ4n) is 1.86. The van der Waals surface area contributed by atoms with Crippen molar-refractivity contribution in [3.05, 3.63) is 64.4 Å². The third-order valence-corrected chi connectivity index (χ3v) is 3.13. The van der Waals surface area contributed by atoms with Crippen LogP contribution in [-0.4, -0.2) is 12.0 Å². The van der Waals surface area contributed by atoms with Crippen molar-refractivity contribution in [1.82, 2.24) is 10.3 Å². The number of pyridine rings is 1. The number of nitrogens with one attached hydrogen (secondary N) is 1. The molecular formula is C14H13ClF2N2. The third-order valence-electron chi connectivity index (χ3n) is 2.89. The van der Waals surface area contributed by atoms with Crippen LogP contribution in [0.15, 0.2) is 36.5 Å². The maximum atomic E-state index is 13.7. The van der Waals surface area contributed by atoms with Crippen molar-refractivity contribution in [3.8, 4) is 0 Å². The van der Waals surface area contributed by atoms with Crippen molar-refractivity contribution in [3.63, 3.8) is 0 Å². The molecule has 0 aliphatic rings. The summed E-state index contributed by atoms with van der Waals surface area (Å²) in [4.78, 5) is 4.01. The Hall–Kier alpha value is -1.52. The van der Waals surface area contributed by atoms with E-state index in [1.165, 1.54) is 12.1 Å². The Morgan fingerprint density at radius 2 is 2.05 bits per heavy atom. The zero-order valence-electron chi connectivity index (χ0n) is 10.3. The van der Waals surface area contributed by atoms with E-state index in [-0.39, 0.29) is 11.9 Å². The summed E-state index contributed by atoms with van der Waals surface area (Å²) in [6.07, 6.45) is 1.57. The van der Waals surface area contributed by atoms with Gasteiger partial charge in [0.05, 0.1) is 17.9 Å². The zero-order valence-corrected chi connectivity index (χ0v) is 11.1. The van der Waals surface area contributed by atoms with Crippen molar-refractivity contribution in [2.24, 2.45) is 0 Å². The minimum Gasteiger partial charge on any atom is -0.311 e. The molecular weight excluding hydrogens is 270 g/mol.